The standard InChI is InChI=1S/C15H12ClF4N/c16-14-7-13(17)5-4-11(14)9-21-8-10-2-1-3-12(6-10)15(18,19)20/h1-7,21H,8-9H2. The summed E-state index contributed by atoms with van der Waals surface area (Å²) in [5, 5.41) is 3.27. The summed E-state index contributed by atoms with van der Waals surface area (Å²) in [6.07, 6.45) is -4.35. The molecule has 0 aliphatic rings. The van der Waals surface area contributed by atoms with Crippen molar-refractivity contribution in [3.8, 4) is 0 Å². The van der Waals surface area contributed by atoms with E-state index in [-0.39, 0.29) is 11.6 Å². The molecular formula is C15H12ClF4N. The summed E-state index contributed by atoms with van der Waals surface area (Å²) in [6, 6.07) is 9.12. The largest absolute Gasteiger partial charge is 0.416 e. The zero-order chi connectivity index (χ0) is 15.5. The predicted octanol–water partition coefficient (Wildman–Crippen LogP) is 4.79. The molecule has 0 amide bonds. The summed E-state index contributed by atoms with van der Waals surface area (Å²) in [4.78, 5) is 0. The van der Waals surface area contributed by atoms with Crippen molar-refractivity contribution in [2.24, 2.45) is 0 Å². The Labute approximate surface area is 124 Å². The summed E-state index contributed by atoms with van der Waals surface area (Å²) in [5.74, 6) is -0.429. The van der Waals surface area contributed by atoms with Gasteiger partial charge in [0.2, 0.25) is 0 Å². The molecule has 0 atom stereocenters. The smallest absolute Gasteiger partial charge is 0.309 e. The molecule has 0 saturated carbocycles. The van der Waals surface area contributed by atoms with Crippen LogP contribution in [0.15, 0.2) is 42.5 Å². The average Bonchev–Trinajstić information content (AvgIpc) is 2.41. The van der Waals surface area contributed by atoms with Crippen molar-refractivity contribution >= 4 is 11.6 Å². The Morgan fingerprint density at radius 1 is 1.00 bits per heavy atom. The van der Waals surface area contributed by atoms with Crippen molar-refractivity contribution in [1.82, 2.24) is 5.32 Å². The third kappa shape index (κ3) is 4.44. The molecule has 0 radical (unpaired) electrons. The number of hydrogen-bond donors (Lipinski definition) is 1. The molecule has 2 aromatic rings. The highest BCUT2D eigenvalue weighted by Gasteiger charge is 2.30. The van der Waals surface area contributed by atoms with Gasteiger partial charge in [-0.3, -0.25) is 0 Å². The monoisotopic (exact) mass is 317 g/mol. The summed E-state index contributed by atoms with van der Waals surface area (Å²) >= 11 is 5.87. The van der Waals surface area contributed by atoms with Gasteiger partial charge in [0, 0.05) is 18.1 Å². The molecule has 0 heterocycles. The van der Waals surface area contributed by atoms with Crippen molar-refractivity contribution in [3.63, 3.8) is 0 Å². The SMILES string of the molecule is Fc1ccc(CNCc2cccc(C(F)(F)F)c2)c(Cl)c1. The topological polar surface area (TPSA) is 12.0 Å². The molecule has 1 N–H and O–H groups in total. The molecule has 0 unspecified atom stereocenters. The zero-order valence-electron chi connectivity index (χ0n) is 10.8. The number of nitrogens with one attached hydrogen (secondary N) is 1. The summed E-state index contributed by atoms with van der Waals surface area (Å²) < 4.78 is 50.6. The maximum atomic E-state index is 12.9. The van der Waals surface area contributed by atoms with Crippen LogP contribution >= 0.6 is 11.6 Å². The van der Waals surface area contributed by atoms with Crippen LogP contribution in [0.3, 0.4) is 0 Å². The Hall–Kier alpha value is -1.59. The maximum absolute atomic E-state index is 12.9. The van der Waals surface area contributed by atoms with E-state index in [4.69, 9.17) is 11.6 Å². The lowest BCUT2D eigenvalue weighted by atomic mass is 10.1. The Morgan fingerprint density at radius 3 is 2.43 bits per heavy atom. The average molecular weight is 318 g/mol. The fourth-order valence-electron chi connectivity index (χ4n) is 1.86. The Bertz CT molecular complexity index is 625. The van der Waals surface area contributed by atoms with Crippen LogP contribution in [-0.2, 0) is 19.3 Å². The van der Waals surface area contributed by atoms with Gasteiger partial charge in [0.25, 0.3) is 0 Å². The Kier molecular flexibility index (Phi) is 4.85. The Balaban J connectivity index is 1.97. The molecule has 0 fully saturated rings. The van der Waals surface area contributed by atoms with E-state index < -0.39 is 17.6 Å². The minimum Gasteiger partial charge on any atom is -0.309 e. The van der Waals surface area contributed by atoms with E-state index in [1.807, 2.05) is 0 Å². The van der Waals surface area contributed by atoms with Crippen LogP contribution in [0.2, 0.25) is 5.02 Å². The van der Waals surface area contributed by atoms with E-state index in [1.54, 1.807) is 6.07 Å². The molecule has 112 valence electrons. The van der Waals surface area contributed by atoms with Crippen LogP contribution in [0.4, 0.5) is 17.6 Å². The van der Waals surface area contributed by atoms with Gasteiger partial charge in [-0.15, -0.1) is 0 Å². The van der Waals surface area contributed by atoms with Crippen molar-refractivity contribution in [1.29, 1.82) is 0 Å². The third-order valence-electron chi connectivity index (χ3n) is 2.91. The van der Waals surface area contributed by atoms with Gasteiger partial charge < -0.3 is 5.32 Å². The van der Waals surface area contributed by atoms with Gasteiger partial charge in [0.1, 0.15) is 5.82 Å². The van der Waals surface area contributed by atoms with Gasteiger partial charge in [-0.2, -0.15) is 13.2 Å². The van der Waals surface area contributed by atoms with Crippen molar-refractivity contribution in [2.45, 2.75) is 19.3 Å². The fourth-order valence-corrected chi connectivity index (χ4v) is 2.10. The van der Waals surface area contributed by atoms with Crippen LogP contribution in [0.5, 0.6) is 0 Å². The molecule has 0 spiro atoms. The number of benzene rings is 2. The van der Waals surface area contributed by atoms with Gasteiger partial charge in [0.15, 0.2) is 0 Å². The lowest BCUT2D eigenvalue weighted by molar-refractivity contribution is -0.137. The first kappa shape index (κ1) is 15.8. The van der Waals surface area contributed by atoms with E-state index >= 15 is 0 Å². The highest BCUT2D eigenvalue weighted by molar-refractivity contribution is 6.31. The molecule has 6 heteroatoms. The van der Waals surface area contributed by atoms with E-state index in [0.717, 1.165) is 12.1 Å². The molecule has 0 bridgehead atoms. The van der Waals surface area contributed by atoms with Gasteiger partial charge in [-0.1, -0.05) is 35.9 Å². The van der Waals surface area contributed by atoms with Crippen LogP contribution in [0, 0.1) is 5.82 Å². The van der Waals surface area contributed by atoms with Gasteiger partial charge >= 0.3 is 6.18 Å². The maximum Gasteiger partial charge on any atom is 0.416 e. The van der Waals surface area contributed by atoms with Crippen LogP contribution in [0.25, 0.3) is 0 Å². The van der Waals surface area contributed by atoms with E-state index in [2.05, 4.69) is 5.32 Å². The lowest BCUT2D eigenvalue weighted by Crippen LogP contribution is -2.14. The molecule has 2 aromatic carbocycles. The number of rotatable bonds is 4. The van der Waals surface area contributed by atoms with Crippen molar-refractivity contribution < 1.29 is 17.6 Å². The molecule has 0 saturated heterocycles. The van der Waals surface area contributed by atoms with Gasteiger partial charge in [0.05, 0.1) is 5.56 Å². The predicted molar refractivity (Wildman–Crippen MR) is 73.4 cm³/mol. The molecule has 0 aromatic heterocycles. The molecule has 2 rings (SSSR count). The third-order valence-corrected chi connectivity index (χ3v) is 3.27. The first-order valence-corrected chi connectivity index (χ1v) is 6.55. The molecule has 21 heavy (non-hydrogen) atoms. The summed E-state index contributed by atoms with van der Waals surface area (Å²) in [5.41, 5.74) is 0.523. The van der Waals surface area contributed by atoms with Crippen LogP contribution in [0.1, 0.15) is 16.7 Å². The van der Waals surface area contributed by atoms with Gasteiger partial charge in [-0.05, 0) is 29.3 Å². The lowest BCUT2D eigenvalue weighted by Gasteiger charge is -2.10. The van der Waals surface area contributed by atoms with E-state index in [1.165, 1.54) is 24.3 Å². The second-order valence-electron chi connectivity index (χ2n) is 4.54. The molecule has 0 aliphatic heterocycles. The first-order chi connectivity index (χ1) is 9.86. The van der Waals surface area contributed by atoms with Crippen LogP contribution < -0.4 is 5.32 Å². The highest BCUT2D eigenvalue weighted by atomic mass is 35.5. The quantitative estimate of drug-likeness (QED) is 0.800. The zero-order valence-corrected chi connectivity index (χ0v) is 11.6. The van der Waals surface area contributed by atoms with E-state index in [0.29, 0.717) is 17.7 Å². The highest BCUT2D eigenvalue weighted by Crippen LogP contribution is 2.29. The van der Waals surface area contributed by atoms with Gasteiger partial charge in [-0.25, -0.2) is 4.39 Å². The Morgan fingerprint density at radius 2 is 1.76 bits per heavy atom. The van der Waals surface area contributed by atoms with Crippen molar-refractivity contribution in [2.75, 3.05) is 0 Å². The van der Waals surface area contributed by atoms with Crippen molar-refractivity contribution in [3.05, 3.63) is 70.0 Å². The minimum absolute atomic E-state index is 0.262. The first-order valence-electron chi connectivity index (χ1n) is 6.17. The molecule has 0 aliphatic carbocycles. The van der Waals surface area contributed by atoms with Crippen LogP contribution in [-0.4, -0.2) is 0 Å². The minimum atomic E-state index is -4.35. The fraction of sp³-hybridized carbons (Fsp3) is 0.200. The second-order valence-corrected chi connectivity index (χ2v) is 4.94. The number of halogens is 5. The normalized spacial score (nSPS) is 11.7. The van der Waals surface area contributed by atoms with E-state index in [9.17, 15) is 17.6 Å². The second kappa shape index (κ2) is 6.45. The molecule has 1 nitrogen and oxygen atoms in total. The number of hydrogen-bond acceptors (Lipinski definition) is 1. The number of alkyl halides is 3. The molecular weight excluding hydrogens is 306 g/mol. The summed E-state index contributed by atoms with van der Waals surface area (Å²) in [7, 11) is 0. The summed E-state index contributed by atoms with van der Waals surface area (Å²) in [6.45, 7) is 0.604.